The highest BCUT2D eigenvalue weighted by Crippen LogP contribution is 2.29. The summed E-state index contributed by atoms with van der Waals surface area (Å²) < 4.78 is 10.7. The maximum atomic E-state index is 12.7. The van der Waals surface area contributed by atoms with E-state index in [1.165, 1.54) is 19.2 Å². The first-order valence-electron chi connectivity index (χ1n) is 8.75. The molecule has 1 aromatic carbocycles. The number of ether oxygens (including phenoxy) is 2. The predicted molar refractivity (Wildman–Crippen MR) is 102 cm³/mol. The molecule has 1 aromatic rings. The van der Waals surface area contributed by atoms with Gasteiger partial charge >= 0.3 is 5.97 Å². The molecule has 1 saturated heterocycles. The third-order valence-electron chi connectivity index (χ3n) is 4.89. The molecular formula is C18H26ClN3O5. The standard InChI is InChI=1S/C18H26ClN3O5/c1-4-14(18(24)25)22-6-5-13(16(9-22)27-3)21-17(23)10-7-11(19)12(20)8-15(10)26-2/h7-8,13-14,16H,4-6,9,20H2,1-3H3,(H,21,23)(H,24,25). The lowest BCUT2D eigenvalue weighted by Crippen LogP contribution is -2.58. The third-order valence-corrected chi connectivity index (χ3v) is 5.21. The zero-order chi connectivity index (χ0) is 20.1. The monoisotopic (exact) mass is 399 g/mol. The molecule has 9 heteroatoms. The van der Waals surface area contributed by atoms with Crippen molar-refractivity contribution in [1.29, 1.82) is 0 Å². The van der Waals surface area contributed by atoms with Gasteiger partial charge in [0.25, 0.3) is 5.91 Å². The van der Waals surface area contributed by atoms with Gasteiger partial charge in [0.1, 0.15) is 11.8 Å². The van der Waals surface area contributed by atoms with Gasteiger partial charge in [-0.05, 0) is 18.9 Å². The number of piperidine rings is 1. The Hall–Kier alpha value is -2.03. The van der Waals surface area contributed by atoms with Gasteiger partial charge in [-0.15, -0.1) is 0 Å². The van der Waals surface area contributed by atoms with Crippen LogP contribution in [0.15, 0.2) is 12.1 Å². The Bertz CT molecular complexity index is 700. The number of aliphatic carboxylic acids is 1. The molecule has 0 bridgehead atoms. The topological polar surface area (TPSA) is 114 Å². The third kappa shape index (κ3) is 4.82. The number of hydrogen-bond donors (Lipinski definition) is 3. The van der Waals surface area contributed by atoms with Crippen molar-refractivity contribution in [3.63, 3.8) is 0 Å². The number of rotatable bonds is 7. The number of benzene rings is 1. The van der Waals surface area contributed by atoms with Crippen LogP contribution in [0.1, 0.15) is 30.1 Å². The van der Waals surface area contributed by atoms with Gasteiger partial charge in [0.2, 0.25) is 0 Å². The van der Waals surface area contributed by atoms with Crippen LogP contribution in [0, 0.1) is 0 Å². The van der Waals surface area contributed by atoms with Crippen LogP contribution < -0.4 is 15.8 Å². The average Bonchev–Trinajstić information content (AvgIpc) is 2.64. The van der Waals surface area contributed by atoms with Gasteiger partial charge in [-0.3, -0.25) is 14.5 Å². The first kappa shape index (κ1) is 21.3. The lowest BCUT2D eigenvalue weighted by atomic mass is 9.98. The quantitative estimate of drug-likeness (QED) is 0.597. The van der Waals surface area contributed by atoms with Crippen molar-refractivity contribution in [2.75, 3.05) is 33.0 Å². The Morgan fingerprint density at radius 1 is 1.44 bits per heavy atom. The van der Waals surface area contributed by atoms with Crippen molar-refractivity contribution < 1.29 is 24.2 Å². The summed E-state index contributed by atoms with van der Waals surface area (Å²) in [7, 11) is 3.00. The Morgan fingerprint density at radius 2 is 2.15 bits per heavy atom. The highest BCUT2D eigenvalue weighted by molar-refractivity contribution is 6.33. The summed E-state index contributed by atoms with van der Waals surface area (Å²) >= 11 is 6.04. The maximum absolute atomic E-state index is 12.7. The van der Waals surface area contributed by atoms with Crippen molar-refractivity contribution in [1.82, 2.24) is 10.2 Å². The lowest BCUT2D eigenvalue weighted by Gasteiger charge is -2.40. The Labute approximate surface area is 163 Å². The zero-order valence-corrected chi connectivity index (χ0v) is 16.5. The number of hydrogen-bond acceptors (Lipinski definition) is 6. The number of likely N-dealkylation sites (tertiary alicyclic amines) is 1. The minimum Gasteiger partial charge on any atom is -0.496 e. The van der Waals surface area contributed by atoms with Crippen LogP contribution in [0.2, 0.25) is 5.02 Å². The van der Waals surface area contributed by atoms with E-state index in [1.807, 2.05) is 11.8 Å². The summed E-state index contributed by atoms with van der Waals surface area (Å²) in [5.41, 5.74) is 6.37. The summed E-state index contributed by atoms with van der Waals surface area (Å²) in [6, 6.07) is 2.16. The van der Waals surface area contributed by atoms with Gasteiger partial charge in [0.05, 0.1) is 35.5 Å². The molecular weight excluding hydrogens is 374 g/mol. The first-order valence-corrected chi connectivity index (χ1v) is 9.13. The molecule has 1 aliphatic rings. The molecule has 0 aromatic heterocycles. The molecule has 8 nitrogen and oxygen atoms in total. The number of halogens is 1. The van der Waals surface area contributed by atoms with Crippen molar-refractivity contribution in [3.8, 4) is 5.75 Å². The van der Waals surface area contributed by atoms with Crippen molar-refractivity contribution in [2.45, 2.75) is 38.0 Å². The zero-order valence-electron chi connectivity index (χ0n) is 15.7. The van der Waals surface area contributed by atoms with Crippen LogP contribution in [-0.4, -0.2) is 67.4 Å². The van der Waals surface area contributed by atoms with Gasteiger partial charge < -0.3 is 25.6 Å². The number of carbonyl (C=O) groups is 2. The number of nitrogens with zero attached hydrogens (tertiary/aromatic N) is 1. The molecule has 1 amide bonds. The van der Waals surface area contributed by atoms with E-state index in [0.29, 0.717) is 37.4 Å². The number of carboxylic acids is 1. The molecule has 0 saturated carbocycles. The molecule has 150 valence electrons. The molecule has 3 atom stereocenters. The summed E-state index contributed by atoms with van der Waals surface area (Å²) in [6.07, 6.45) is 0.745. The fourth-order valence-corrected chi connectivity index (χ4v) is 3.54. The molecule has 0 radical (unpaired) electrons. The summed E-state index contributed by atoms with van der Waals surface area (Å²) in [6.45, 7) is 2.81. The Kier molecular flexibility index (Phi) is 7.29. The van der Waals surface area contributed by atoms with Crippen LogP contribution >= 0.6 is 11.6 Å². The van der Waals surface area contributed by atoms with Crippen molar-refractivity contribution in [3.05, 3.63) is 22.7 Å². The minimum absolute atomic E-state index is 0.258. The molecule has 0 spiro atoms. The number of methoxy groups -OCH3 is 2. The predicted octanol–water partition coefficient (Wildman–Crippen LogP) is 1.61. The molecule has 3 unspecified atom stereocenters. The number of nitrogen functional groups attached to an aromatic ring is 1. The molecule has 0 aliphatic carbocycles. The van der Waals surface area contributed by atoms with Gasteiger partial charge in [0.15, 0.2) is 0 Å². The normalized spacial score (nSPS) is 21.5. The van der Waals surface area contributed by atoms with Crippen LogP contribution in [0.5, 0.6) is 5.75 Å². The van der Waals surface area contributed by atoms with Crippen molar-refractivity contribution in [2.24, 2.45) is 0 Å². The van der Waals surface area contributed by atoms with Gasteiger partial charge in [-0.2, -0.15) is 0 Å². The molecule has 2 rings (SSSR count). The van der Waals surface area contributed by atoms with Gasteiger partial charge in [0, 0.05) is 26.3 Å². The largest absolute Gasteiger partial charge is 0.496 e. The average molecular weight is 400 g/mol. The molecule has 1 heterocycles. The van der Waals surface area contributed by atoms with E-state index in [9.17, 15) is 14.7 Å². The van der Waals surface area contributed by atoms with E-state index in [-0.39, 0.29) is 28.6 Å². The molecule has 1 fully saturated rings. The van der Waals surface area contributed by atoms with Crippen molar-refractivity contribution >= 4 is 29.2 Å². The van der Waals surface area contributed by atoms with Gasteiger partial charge in [-0.1, -0.05) is 18.5 Å². The highest BCUT2D eigenvalue weighted by Gasteiger charge is 2.35. The summed E-state index contributed by atoms with van der Waals surface area (Å²) in [5.74, 6) is -0.867. The number of amides is 1. The number of carbonyl (C=O) groups excluding carboxylic acids is 1. The molecule has 27 heavy (non-hydrogen) atoms. The fourth-order valence-electron chi connectivity index (χ4n) is 3.38. The second kappa shape index (κ2) is 9.25. The van der Waals surface area contributed by atoms with E-state index in [2.05, 4.69) is 5.32 Å². The summed E-state index contributed by atoms with van der Waals surface area (Å²) in [4.78, 5) is 26.0. The van der Waals surface area contributed by atoms with Crippen LogP contribution in [-0.2, 0) is 9.53 Å². The minimum atomic E-state index is -0.851. The second-order valence-electron chi connectivity index (χ2n) is 6.47. The number of anilines is 1. The number of nitrogens with two attached hydrogens (primary N) is 1. The first-order chi connectivity index (χ1) is 12.8. The fraction of sp³-hybridized carbons (Fsp3) is 0.556. The summed E-state index contributed by atoms with van der Waals surface area (Å²) in [5, 5.41) is 12.6. The van der Waals surface area contributed by atoms with Gasteiger partial charge in [-0.25, -0.2) is 0 Å². The van der Waals surface area contributed by atoms with E-state index >= 15 is 0 Å². The van der Waals surface area contributed by atoms with Crippen LogP contribution in [0.4, 0.5) is 5.69 Å². The van der Waals surface area contributed by atoms with E-state index in [1.54, 1.807) is 7.11 Å². The lowest BCUT2D eigenvalue weighted by molar-refractivity contribution is -0.145. The Morgan fingerprint density at radius 3 is 2.70 bits per heavy atom. The second-order valence-corrected chi connectivity index (χ2v) is 6.88. The van der Waals surface area contributed by atoms with E-state index < -0.39 is 12.0 Å². The molecule has 4 N–H and O–H groups in total. The SMILES string of the molecule is CCC(C(=O)O)N1CCC(NC(=O)c2cc(Cl)c(N)cc2OC)C(OC)C1. The number of carboxylic acid groups (broad SMARTS) is 1. The van der Waals surface area contributed by atoms with Crippen LogP contribution in [0.3, 0.4) is 0 Å². The Balaban J connectivity index is 2.12. The van der Waals surface area contributed by atoms with Crippen LogP contribution in [0.25, 0.3) is 0 Å². The van der Waals surface area contributed by atoms with E-state index in [0.717, 1.165) is 0 Å². The highest BCUT2D eigenvalue weighted by atomic mass is 35.5. The number of nitrogens with one attached hydrogen (secondary N) is 1. The smallest absolute Gasteiger partial charge is 0.320 e. The van der Waals surface area contributed by atoms with E-state index in [4.69, 9.17) is 26.8 Å². The molecule has 1 aliphatic heterocycles. The maximum Gasteiger partial charge on any atom is 0.320 e.